The van der Waals surface area contributed by atoms with Gasteiger partial charge in [-0.1, -0.05) is 64.7 Å². The number of rotatable bonds is 12. The van der Waals surface area contributed by atoms with Crippen molar-refractivity contribution in [2.75, 3.05) is 6.54 Å². The van der Waals surface area contributed by atoms with E-state index in [-0.39, 0.29) is 0 Å². The highest BCUT2D eigenvalue weighted by atomic mass is 14.7. The van der Waals surface area contributed by atoms with Gasteiger partial charge in [-0.05, 0) is 44.1 Å². The molecule has 0 amide bonds. The molecule has 0 aromatic heterocycles. The van der Waals surface area contributed by atoms with Gasteiger partial charge < -0.3 is 11.5 Å². The fourth-order valence-electron chi connectivity index (χ4n) is 3.88. The van der Waals surface area contributed by atoms with Gasteiger partial charge in [0.1, 0.15) is 0 Å². The molecule has 0 heterocycles. The quantitative estimate of drug-likeness (QED) is 0.514. The fourth-order valence-corrected chi connectivity index (χ4v) is 3.88. The van der Waals surface area contributed by atoms with Crippen LogP contribution < -0.4 is 11.5 Å². The average Bonchev–Trinajstić information content (AvgIpc) is 2.80. The van der Waals surface area contributed by atoms with Crippen molar-refractivity contribution < 1.29 is 0 Å². The minimum Gasteiger partial charge on any atom is -0.330 e. The topological polar surface area (TPSA) is 52.0 Å². The lowest BCUT2D eigenvalue weighted by molar-refractivity contribution is 0.303. The summed E-state index contributed by atoms with van der Waals surface area (Å²) in [5.74, 6) is 1.76. The fraction of sp³-hybridized carbons (Fsp3) is 1.00. The van der Waals surface area contributed by atoms with Crippen LogP contribution in [0.1, 0.15) is 90.4 Å². The van der Waals surface area contributed by atoms with Gasteiger partial charge in [0.05, 0.1) is 0 Å². The summed E-state index contributed by atoms with van der Waals surface area (Å²) in [4.78, 5) is 0. The van der Waals surface area contributed by atoms with E-state index in [2.05, 4.69) is 6.92 Å². The first-order chi connectivity index (χ1) is 9.79. The second-order valence-electron chi connectivity index (χ2n) is 6.86. The maximum atomic E-state index is 6.35. The molecule has 0 aliphatic heterocycles. The van der Waals surface area contributed by atoms with Crippen LogP contribution in [0.2, 0.25) is 0 Å². The highest BCUT2D eigenvalue weighted by Gasteiger charge is 2.32. The molecule has 1 aliphatic rings. The molecule has 2 nitrogen and oxygen atoms in total. The van der Waals surface area contributed by atoms with Gasteiger partial charge in [0.25, 0.3) is 0 Å². The van der Waals surface area contributed by atoms with Crippen molar-refractivity contribution >= 4 is 0 Å². The van der Waals surface area contributed by atoms with Gasteiger partial charge in [-0.25, -0.2) is 0 Å². The van der Waals surface area contributed by atoms with Crippen molar-refractivity contribution in [3.63, 3.8) is 0 Å². The lowest BCUT2D eigenvalue weighted by Gasteiger charge is -2.23. The van der Waals surface area contributed by atoms with E-state index in [9.17, 15) is 0 Å². The first-order valence-electron chi connectivity index (χ1n) is 9.25. The van der Waals surface area contributed by atoms with Crippen LogP contribution >= 0.6 is 0 Å². The molecule has 3 atom stereocenters. The van der Waals surface area contributed by atoms with Gasteiger partial charge in [-0.3, -0.25) is 0 Å². The Morgan fingerprint density at radius 1 is 0.800 bits per heavy atom. The molecule has 1 saturated carbocycles. The van der Waals surface area contributed by atoms with Crippen molar-refractivity contribution in [2.45, 2.75) is 96.4 Å². The summed E-state index contributed by atoms with van der Waals surface area (Å²) in [6.45, 7) is 3.15. The standard InChI is InChI=1S/C18H38N2/c1-2-3-4-8-11-16-13-14-18(20)17(16)12-9-6-5-7-10-15-19/h16-18H,2-15,19-20H2,1H3. The zero-order chi connectivity index (χ0) is 14.6. The summed E-state index contributed by atoms with van der Waals surface area (Å²) in [6.07, 6.45) is 17.7. The number of unbranched alkanes of at least 4 members (excludes halogenated alkanes) is 7. The van der Waals surface area contributed by atoms with Gasteiger partial charge in [0.15, 0.2) is 0 Å². The summed E-state index contributed by atoms with van der Waals surface area (Å²) in [7, 11) is 0. The predicted octanol–water partition coefficient (Wildman–Crippen LogP) is 4.61. The van der Waals surface area contributed by atoms with E-state index < -0.39 is 0 Å². The normalized spacial score (nSPS) is 26.2. The SMILES string of the molecule is CCCCCCC1CCC(N)C1CCCCCCCN. The average molecular weight is 283 g/mol. The molecule has 0 spiro atoms. The molecular formula is C18H38N2. The molecule has 0 aromatic carbocycles. The first-order valence-corrected chi connectivity index (χ1v) is 9.25. The minimum absolute atomic E-state index is 0.496. The number of hydrogen-bond acceptors (Lipinski definition) is 2. The minimum atomic E-state index is 0.496. The Balaban J connectivity index is 2.12. The van der Waals surface area contributed by atoms with Gasteiger partial charge in [0.2, 0.25) is 0 Å². The Labute approximate surface area is 127 Å². The molecule has 120 valence electrons. The van der Waals surface area contributed by atoms with Crippen molar-refractivity contribution in [2.24, 2.45) is 23.3 Å². The summed E-state index contributed by atoms with van der Waals surface area (Å²) in [5, 5.41) is 0. The molecule has 1 fully saturated rings. The van der Waals surface area contributed by atoms with Crippen LogP contribution in [0.4, 0.5) is 0 Å². The third-order valence-electron chi connectivity index (χ3n) is 5.20. The highest BCUT2D eigenvalue weighted by Crippen LogP contribution is 2.38. The van der Waals surface area contributed by atoms with Crippen LogP contribution in [0.15, 0.2) is 0 Å². The maximum absolute atomic E-state index is 6.35. The molecule has 20 heavy (non-hydrogen) atoms. The first kappa shape index (κ1) is 18.0. The van der Waals surface area contributed by atoms with Crippen LogP contribution in [-0.4, -0.2) is 12.6 Å². The maximum Gasteiger partial charge on any atom is 0.00699 e. The van der Waals surface area contributed by atoms with Crippen molar-refractivity contribution in [3.8, 4) is 0 Å². The Bertz CT molecular complexity index is 217. The van der Waals surface area contributed by atoms with Crippen LogP contribution in [0, 0.1) is 11.8 Å². The Hall–Kier alpha value is -0.0800. The largest absolute Gasteiger partial charge is 0.330 e. The van der Waals surface area contributed by atoms with E-state index >= 15 is 0 Å². The molecule has 2 heteroatoms. The highest BCUT2D eigenvalue weighted by molar-refractivity contribution is 4.87. The predicted molar refractivity (Wildman–Crippen MR) is 89.7 cm³/mol. The van der Waals surface area contributed by atoms with Gasteiger partial charge >= 0.3 is 0 Å². The van der Waals surface area contributed by atoms with E-state index in [0.717, 1.165) is 18.4 Å². The van der Waals surface area contributed by atoms with E-state index in [1.54, 1.807) is 0 Å². The van der Waals surface area contributed by atoms with Crippen LogP contribution in [0.25, 0.3) is 0 Å². The lowest BCUT2D eigenvalue weighted by Crippen LogP contribution is -2.27. The van der Waals surface area contributed by atoms with Crippen LogP contribution in [-0.2, 0) is 0 Å². The van der Waals surface area contributed by atoms with E-state index in [1.165, 1.54) is 83.5 Å². The summed E-state index contributed by atoms with van der Waals surface area (Å²) >= 11 is 0. The zero-order valence-corrected chi connectivity index (χ0v) is 13.8. The Kier molecular flexibility index (Phi) is 10.4. The van der Waals surface area contributed by atoms with E-state index in [4.69, 9.17) is 11.5 Å². The van der Waals surface area contributed by atoms with E-state index in [0.29, 0.717) is 6.04 Å². The van der Waals surface area contributed by atoms with Crippen LogP contribution in [0.5, 0.6) is 0 Å². The molecule has 1 rings (SSSR count). The van der Waals surface area contributed by atoms with Crippen LogP contribution in [0.3, 0.4) is 0 Å². The molecule has 4 N–H and O–H groups in total. The third-order valence-corrected chi connectivity index (χ3v) is 5.20. The van der Waals surface area contributed by atoms with Gasteiger partial charge in [-0.15, -0.1) is 0 Å². The van der Waals surface area contributed by atoms with Gasteiger partial charge in [0, 0.05) is 6.04 Å². The summed E-state index contributed by atoms with van der Waals surface area (Å²) in [5.41, 5.74) is 11.9. The smallest absolute Gasteiger partial charge is 0.00699 e. The van der Waals surface area contributed by atoms with E-state index in [1.807, 2.05) is 0 Å². The third kappa shape index (κ3) is 7.08. The Morgan fingerprint density at radius 2 is 1.45 bits per heavy atom. The molecule has 0 aromatic rings. The van der Waals surface area contributed by atoms with Crippen molar-refractivity contribution in [1.82, 2.24) is 0 Å². The molecular weight excluding hydrogens is 244 g/mol. The van der Waals surface area contributed by atoms with Gasteiger partial charge in [-0.2, -0.15) is 0 Å². The molecule has 3 unspecified atom stereocenters. The van der Waals surface area contributed by atoms with Crippen molar-refractivity contribution in [3.05, 3.63) is 0 Å². The number of hydrogen-bond donors (Lipinski definition) is 2. The summed E-state index contributed by atoms with van der Waals surface area (Å²) < 4.78 is 0. The monoisotopic (exact) mass is 282 g/mol. The molecule has 1 aliphatic carbocycles. The number of nitrogens with two attached hydrogens (primary N) is 2. The molecule has 0 saturated heterocycles. The molecule has 0 radical (unpaired) electrons. The molecule has 0 bridgehead atoms. The second-order valence-corrected chi connectivity index (χ2v) is 6.86. The zero-order valence-electron chi connectivity index (χ0n) is 13.8. The Morgan fingerprint density at radius 3 is 2.20 bits per heavy atom. The second kappa shape index (κ2) is 11.6. The summed E-state index contributed by atoms with van der Waals surface area (Å²) in [6, 6.07) is 0.496. The lowest BCUT2D eigenvalue weighted by atomic mass is 9.85. The van der Waals surface area contributed by atoms with Crippen molar-refractivity contribution in [1.29, 1.82) is 0 Å².